The van der Waals surface area contributed by atoms with E-state index in [-0.39, 0.29) is 11.2 Å². The lowest BCUT2D eigenvalue weighted by Gasteiger charge is -2.55. The lowest BCUT2D eigenvalue weighted by atomic mass is 9.58. The molecule has 0 aromatic carbocycles. The Labute approximate surface area is 160 Å². The van der Waals surface area contributed by atoms with Crippen LogP contribution in [-0.4, -0.2) is 70.4 Å². The SMILES string of the molecule is CCOC1CC(NC(=NC)NCCCN(C)S(=O)(=O)CC)C1(CC)CC. The fourth-order valence-electron chi connectivity index (χ4n) is 3.81. The lowest BCUT2D eigenvalue weighted by molar-refractivity contribution is -0.133. The molecule has 1 fully saturated rings. The van der Waals surface area contributed by atoms with Crippen molar-refractivity contribution in [1.29, 1.82) is 0 Å². The molecular weight excluding hydrogens is 352 g/mol. The third-order valence-corrected chi connectivity index (χ3v) is 7.65. The van der Waals surface area contributed by atoms with Crippen molar-refractivity contribution in [3.63, 3.8) is 0 Å². The highest BCUT2D eigenvalue weighted by Crippen LogP contribution is 2.48. The number of nitrogens with one attached hydrogen (secondary N) is 2. The second-order valence-corrected chi connectivity index (χ2v) is 9.26. The van der Waals surface area contributed by atoms with Crippen molar-refractivity contribution in [2.24, 2.45) is 10.4 Å². The van der Waals surface area contributed by atoms with Crippen LogP contribution in [0.5, 0.6) is 0 Å². The maximum atomic E-state index is 11.8. The summed E-state index contributed by atoms with van der Waals surface area (Å²) in [5, 5.41) is 6.84. The molecule has 0 bridgehead atoms. The average Bonchev–Trinajstić information content (AvgIpc) is 2.63. The first-order valence-electron chi connectivity index (χ1n) is 9.83. The van der Waals surface area contributed by atoms with Gasteiger partial charge in [-0.25, -0.2) is 12.7 Å². The number of rotatable bonds is 11. The minimum absolute atomic E-state index is 0.138. The number of hydrogen-bond donors (Lipinski definition) is 2. The lowest BCUT2D eigenvalue weighted by Crippen LogP contribution is -2.65. The van der Waals surface area contributed by atoms with E-state index >= 15 is 0 Å². The van der Waals surface area contributed by atoms with Crippen LogP contribution >= 0.6 is 0 Å². The predicted molar refractivity (Wildman–Crippen MR) is 108 cm³/mol. The predicted octanol–water partition coefficient (Wildman–Crippen LogP) is 1.81. The maximum absolute atomic E-state index is 11.8. The van der Waals surface area contributed by atoms with E-state index < -0.39 is 10.0 Å². The molecule has 0 aliphatic heterocycles. The second kappa shape index (κ2) is 10.5. The van der Waals surface area contributed by atoms with Crippen LogP contribution in [-0.2, 0) is 14.8 Å². The molecule has 1 aliphatic carbocycles. The van der Waals surface area contributed by atoms with Crippen LogP contribution in [0.15, 0.2) is 4.99 Å². The van der Waals surface area contributed by atoms with E-state index in [0.29, 0.717) is 25.2 Å². The summed E-state index contributed by atoms with van der Waals surface area (Å²) in [5.41, 5.74) is 0.156. The van der Waals surface area contributed by atoms with Crippen LogP contribution in [0.1, 0.15) is 53.4 Å². The smallest absolute Gasteiger partial charge is 0.213 e. The molecule has 1 rings (SSSR count). The standard InChI is InChI=1S/C18H38N4O3S/c1-7-18(8-2)15(14-16(18)25-9-3)21-17(19-5)20-12-11-13-22(6)26(23,24)10-4/h15-16H,7-14H2,1-6H3,(H2,19,20,21). The number of guanidine groups is 1. The van der Waals surface area contributed by atoms with Gasteiger partial charge in [-0.05, 0) is 39.5 Å². The van der Waals surface area contributed by atoms with Crippen molar-refractivity contribution >= 4 is 16.0 Å². The van der Waals surface area contributed by atoms with Gasteiger partial charge in [0.25, 0.3) is 0 Å². The highest BCUT2D eigenvalue weighted by atomic mass is 32.2. The number of nitrogens with zero attached hydrogens (tertiary/aromatic N) is 2. The summed E-state index contributed by atoms with van der Waals surface area (Å²) in [4.78, 5) is 4.32. The van der Waals surface area contributed by atoms with Crippen molar-refractivity contribution in [3.05, 3.63) is 0 Å². The molecule has 0 aromatic heterocycles. The van der Waals surface area contributed by atoms with Crippen molar-refractivity contribution in [2.45, 2.75) is 65.5 Å². The highest BCUT2D eigenvalue weighted by Gasteiger charge is 2.53. The Morgan fingerprint density at radius 3 is 2.42 bits per heavy atom. The monoisotopic (exact) mass is 390 g/mol. The van der Waals surface area contributed by atoms with E-state index in [1.165, 1.54) is 4.31 Å². The Morgan fingerprint density at radius 1 is 1.27 bits per heavy atom. The molecule has 2 atom stereocenters. The Hall–Kier alpha value is -0.860. The van der Waals surface area contributed by atoms with Crippen molar-refractivity contribution in [2.75, 3.05) is 39.5 Å². The highest BCUT2D eigenvalue weighted by molar-refractivity contribution is 7.89. The van der Waals surface area contributed by atoms with Crippen molar-refractivity contribution in [3.8, 4) is 0 Å². The summed E-state index contributed by atoms with van der Waals surface area (Å²) < 4.78 is 30.9. The first kappa shape index (κ1) is 23.2. The number of hydrogen-bond acceptors (Lipinski definition) is 4. The maximum Gasteiger partial charge on any atom is 0.213 e. The molecule has 1 aliphatic rings. The van der Waals surface area contributed by atoms with E-state index in [2.05, 4.69) is 29.5 Å². The van der Waals surface area contributed by atoms with Gasteiger partial charge in [0.2, 0.25) is 10.0 Å². The Kier molecular flexibility index (Phi) is 9.33. The van der Waals surface area contributed by atoms with Crippen LogP contribution in [0.2, 0.25) is 0 Å². The summed E-state index contributed by atoms with van der Waals surface area (Å²) in [6.45, 7) is 10.1. The zero-order valence-electron chi connectivity index (χ0n) is 17.3. The van der Waals surface area contributed by atoms with E-state index in [9.17, 15) is 8.42 Å². The van der Waals surface area contributed by atoms with Gasteiger partial charge in [-0.3, -0.25) is 4.99 Å². The van der Waals surface area contributed by atoms with Gasteiger partial charge in [0.1, 0.15) is 0 Å². The number of aliphatic imine (C=N–C) groups is 1. The van der Waals surface area contributed by atoms with Gasteiger partial charge in [-0.1, -0.05) is 13.8 Å². The summed E-state index contributed by atoms with van der Waals surface area (Å²) >= 11 is 0. The molecule has 0 saturated heterocycles. The van der Waals surface area contributed by atoms with Crippen LogP contribution in [0.4, 0.5) is 0 Å². The molecule has 26 heavy (non-hydrogen) atoms. The Bertz CT molecular complexity index is 547. The minimum atomic E-state index is -3.11. The van der Waals surface area contributed by atoms with Crippen molar-refractivity contribution < 1.29 is 13.2 Å². The number of sulfonamides is 1. The molecule has 7 nitrogen and oxygen atoms in total. The van der Waals surface area contributed by atoms with Crippen LogP contribution in [0.3, 0.4) is 0 Å². The molecule has 154 valence electrons. The quantitative estimate of drug-likeness (QED) is 0.319. The van der Waals surface area contributed by atoms with Gasteiger partial charge < -0.3 is 15.4 Å². The van der Waals surface area contributed by atoms with Gasteiger partial charge in [0.15, 0.2) is 5.96 Å². The van der Waals surface area contributed by atoms with Crippen LogP contribution < -0.4 is 10.6 Å². The molecule has 0 radical (unpaired) electrons. The van der Waals surface area contributed by atoms with Gasteiger partial charge in [-0.2, -0.15) is 0 Å². The second-order valence-electron chi connectivity index (χ2n) is 6.89. The molecule has 0 aromatic rings. The Balaban J connectivity index is 2.48. The minimum Gasteiger partial charge on any atom is -0.378 e. The zero-order valence-corrected chi connectivity index (χ0v) is 18.2. The average molecular weight is 391 g/mol. The topological polar surface area (TPSA) is 83.0 Å². The van der Waals surface area contributed by atoms with E-state index in [1.807, 2.05) is 6.92 Å². The normalized spacial score (nSPS) is 23.0. The third kappa shape index (κ3) is 5.33. The first-order valence-corrected chi connectivity index (χ1v) is 11.4. The summed E-state index contributed by atoms with van der Waals surface area (Å²) in [5.74, 6) is 0.913. The number of ether oxygens (including phenoxy) is 1. The Morgan fingerprint density at radius 2 is 1.92 bits per heavy atom. The van der Waals surface area contributed by atoms with Gasteiger partial charge in [0, 0.05) is 45.2 Å². The van der Waals surface area contributed by atoms with Gasteiger partial charge in [-0.15, -0.1) is 0 Å². The van der Waals surface area contributed by atoms with E-state index in [1.54, 1.807) is 21.0 Å². The summed E-state index contributed by atoms with van der Waals surface area (Å²) in [6, 6.07) is 0.350. The summed E-state index contributed by atoms with van der Waals surface area (Å²) in [7, 11) is 0.289. The molecule has 0 heterocycles. The van der Waals surface area contributed by atoms with E-state index in [4.69, 9.17) is 4.74 Å². The van der Waals surface area contributed by atoms with Crippen LogP contribution in [0.25, 0.3) is 0 Å². The van der Waals surface area contributed by atoms with Gasteiger partial charge >= 0.3 is 0 Å². The zero-order chi connectivity index (χ0) is 19.8. The molecule has 8 heteroatoms. The van der Waals surface area contributed by atoms with E-state index in [0.717, 1.165) is 38.2 Å². The molecule has 2 unspecified atom stereocenters. The third-order valence-electron chi connectivity index (χ3n) is 5.79. The van der Waals surface area contributed by atoms with Crippen molar-refractivity contribution in [1.82, 2.24) is 14.9 Å². The summed E-state index contributed by atoms with van der Waals surface area (Å²) in [6.07, 6.45) is 4.18. The molecular formula is C18H38N4O3S. The largest absolute Gasteiger partial charge is 0.378 e. The van der Waals surface area contributed by atoms with Gasteiger partial charge in [0.05, 0.1) is 11.9 Å². The molecule has 0 spiro atoms. The first-order chi connectivity index (χ1) is 12.3. The molecule has 1 saturated carbocycles. The fraction of sp³-hybridized carbons (Fsp3) is 0.944. The molecule has 2 N–H and O–H groups in total. The van der Waals surface area contributed by atoms with Crippen LogP contribution in [0, 0.1) is 5.41 Å². The fourth-order valence-corrected chi connectivity index (χ4v) is 4.66. The molecule has 0 amide bonds.